The Morgan fingerprint density at radius 3 is 2.59 bits per heavy atom. The summed E-state index contributed by atoms with van der Waals surface area (Å²) in [5.74, 6) is -3.61. The van der Waals surface area contributed by atoms with Gasteiger partial charge in [-0.3, -0.25) is 0 Å². The van der Waals surface area contributed by atoms with E-state index in [4.69, 9.17) is 0 Å². The number of aromatic nitrogens is 5. The topological polar surface area (TPSA) is 184 Å². The van der Waals surface area contributed by atoms with Gasteiger partial charge < -0.3 is 0 Å². The monoisotopic (exact) mass is 778 g/mol. The van der Waals surface area contributed by atoms with Crippen molar-refractivity contribution in [2.75, 3.05) is 8.85 Å². The number of alkyl halides is 1. The van der Waals surface area contributed by atoms with Crippen molar-refractivity contribution in [1.82, 2.24) is 35.2 Å². The molecule has 0 spiro atoms. The van der Waals surface area contributed by atoms with E-state index >= 15 is 0 Å². The third-order valence-corrected chi connectivity index (χ3v) is 10.7. The van der Waals surface area contributed by atoms with E-state index in [2.05, 4.69) is 34.4 Å². The maximum atomic E-state index is 14.6. The molecule has 2 aromatic heterocycles. The van der Waals surface area contributed by atoms with Gasteiger partial charge in [-0.2, -0.15) is 0 Å². The third kappa shape index (κ3) is 5.11. The quantitative estimate of drug-likeness (QED) is 0.0732. The minimum absolute atomic E-state index is 0.0156. The fourth-order valence-electron chi connectivity index (χ4n) is 6.61. The fourth-order valence-corrected chi connectivity index (χ4v) is 8.49. The summed E-state index contributed by atoms with van der Waals surface area (Å²) in [6.07, 6.45) is 1.44. The second kappa shape index (κ2) is 11.8. The first-order valence-electron chi connectivity index (χ1n) is 15.0. The van der Waals surface area contributed by atoms with E-state index in [1.54, 1.807) is 28.9 Å². The van der Waals surface area contributed by atoms with Gasteiger partial charge in [0.1, 0.15) is 0 Å². The van der Waals surface area contributed by atoms with Crippen molar-refractivity contribution in [2.45, 2.75) is 35.4 Å². The van der Waals surface area contributed by atoms with Crippen LogP contribution in [0.1, 0.15) is 62.6 Å². The van der Waals surface area contributed by atoms with Gasteiger partial charge in [-0.05, 0) is 0 Å². The summed E-state index contributed by atoms with van der Waals surface area (Å²) >= 11 is -1.01. The van der Waals surface area contributed by atoms with Gasteiger partial charge in [0.25, 0.3) is 0 Å². The Bertz CT molecular complexity index is 2290. The molecule has 4 amide bonds. The number of imide groups is 2. The number of fused-ring (bicyclic) bond motifs is 1. The number of amides is 4. The number of aromatic amines is 1. The Balaban J connectivity index is 1.10. The van der Waals surface area contributed by atoms with Crippen molar-refractivity contribution >= 4 is 45.8 Å². The zero-order chi connectivity index (χ0) is 34.0. The molecule has 0 bridgehead atoms. The molecule has 49 heavy (non-hydrogen) atoms. The van der Waals surface area contributed by atoms with Crippen LogP contribution in [0, 0.1) is 11.6 Å². The Morgan fingerprint density at radius 1 is 0.980 bits per heavy atom. The Kier molecular flexibility index (Phi) is 7.42. The van der Waals surface area contributed by atoms with Crippen molar-refractivity contribution < 1.29 is 49.4 Å². The molecule has 3 aromatic carbocycles. The van der Waals surface area contributed by atoms with E-state index in [1.807, 2.05) is 0 Å². The molecule has 0 radical (unpaired) electrons. The first-order valence-corrected chi connectivity index (χ1v) is 17.6. The number of hydrogen-bond acceptors (Lipinski definition) is 10. The van der Waals surface area contributed by atoms with Crippen LogP contribution in [0.2, 0.25) is 0 Å². The number of anilines is 2. The molecule has 3 aliphatic heterocycles. The van der Waals surface area contributed by atoms with Crippen molar-refractivity contribution in [1.29, 1.82) is 0 Å². The van der Waals surface area contributed by atoms with Crippen LogP contribution >= 0.6 is 0 Å². The first-order chi connectivity index (χ1) is 23.7. The van der Waals surface area contributed by atoms with Gasteiger partial charge in [-0.1, -0.05) is 0 Å². The molecule has 5 aromatic rings. The van der Waals surface area contributed by atoms with Crippen LogP contribution in [0.15, 0.2) is 65.7 Å². The minimum atomic E-state index is -1.09. The molecule has 8 rings (SSSR count). The number of nitrogens with zero attached hydrogens (tertiary/aromatic N) is 5. The van der Waals surface area contributed by atoms with Crippen LogP contribution in [-0.4, -0.2) is 59.5 Å². The number of halogens is 3. The molecule has 1 fully saturated rings. The van der Waals surface area contributed by atoms with Crippen LogP contribution in [-0.2, 0) is 14.1 Å². The van der Waals surface area contributed by atoms with Gasteiger partial charge in [0.2, 0.25) is 0 Å². The summed E-state index contributed by atoms with van der Waals surface area (Å²) in [5, 5.41) is 17.4. The zero-order valence-electron chi connectivity index (χ0n) is 25.0. The number of piperidine rings is 1. The average Bonchev–Trinajstić information content (AvgIpc) is 3.64. The first kappa shape index (κ1) is 30.7. The fraction of sp³-hybridized carbons (Fsp3) is 0.188. The van der Waals surface area contributed by atoms with E-state index in [0.717, 1.165) is 11.0 Å². The molecule has 0 aliphatic carbocycles. The van der Waals surface area contributed by atoms with Crippen LogP contribution in [0.25, 0.3) is 10.8 Å². The van der Waals surface area contributed by atoms with Gasteiger partial charge in [-0.25, -0.2) is 0 Å². The second-order valence-corrected chi connectivity index (χ2v) is 13.6. The van der Waals surface area contributed by atoms with E-state index < -0.39 is 80.3 Å². The Labute approximate surface area is 284 Å². The standard InChI is InChI=1S/C32H23F2IN9O5/c33-15-6-4-14(5-7-15)26-25(27-23-18(29(46)42-41-27)10-16(34)11-20(23)38-26)28-36-13-37-43(28)12-35-40-19-3-1-2-17-24(19)32(49)44(31(17)48)21-8-9-22(45)39-30(21)47/h1-7,10-11,13,21,25-26,38,40H,8-9,12H2,(H,42,46)(H,39,45,47)/q-1/t21?,25-,26?/m1/s1. The molecule has 3 atom stereocenters. The predicted molar refractivity (Wildman–Crippen MR) is 164 cm³/mol. The SMILES string of the molecule is O=C1CCC(N2C(=O)c3cccc(N[I-]Cn4ncnc4[C@H]4c5n[nH]c(=O)c6cc(F)cc(c56)NC4c4ccc(F)cc4)c3C2=O)C(=O)N1. The molecule has 0 saturated carbocycles. The van der Waals surface area contributed by atoms with Gasteiger partial charge >= 0.3 is 286 Å². The molecule has 17 heteroatoms. The Morgan fingerprint density at radius 2 is 1.80 bits per heavy atom. The molecular formula is C32H23F2IN9O5-. The van der Waals surface area contributed by atoms with E-state index in [0.29, 0.717) is 38.4 Å². The Hall–Kier alpha value is -5.59. The van der Waals surface area contributed by atoms with Crippen LogP contribution in [0.3, 0.4) is 0 Å². The van der Waals surface area contributed by atoms with Gasteiger partial charge in [0.05, 0.1) is 0 Å². The molecule has 4 N–H and O–H groups in total. The number of carbonyl (C=O) groups is 4. The molecule has 5 heterocycles. The number of H-pyrrole nitrogens is 1. The molecule has 14 nitrogen and oxygen atoms in total. The van der Waals surface area contributed by atoms with E-state index in [1.165, 1.54) is 30.6 Å². The van der Waals surface area contributed by atoms with Gasteiger partial charge in [0, 0.05) is 0 Å². The summed E-state index contributed by atoms with van der Waals surface area (Å²) in [6.45, 7) is 0. The van der Waals surface area contributed by atoms with Crippen LogP contribution in [0.4, 0.5) is 20.2 Å². The molecular weight excluding hydrogens is 755 g/mol. The summed E-state index contributed by atoms with van der Waals surface area (Å²) in [4.78, 5) is 69.1. The molecule has 1 saturated heterocycles. The van der Waals surface area contributed by atoms with Crippen LogP contribution in [0.5, 0.6) is 0 Å². The number of carbonyl (C=O) groups excluding carboxylic acids is 4. The van der Waals surface area contributed by atoms with E-state index in [-0.39, 0.29) is 29.4 Å². The zero-order valence-corrected chi connectivity index (χ0v) is 27.2. The predicted octanol–water partition coefficient (Wildman–Crippen LogP) is -0.434. The normalized spacial score (nSPS) is 20.0. The summed E-state index contributed by atoms with van der Waals surface area (Å²) in [5.41, 5.74) is 1.61. The van der Waals surface area contributed by atoms with Crippen molar-refractivity contribution in [3.63, 3.8) is 0 Å². The molecule has 248 valence electrons. The number of rotatable bonds is 7. The van der Waals surface area contributed by atoms with Gasteiger partial charge in [0.15, 0.2) is 0 Å². The maximum absolute atomic E-state index is 14.6. The van der Waals surface area contributed by atoms with Gasteiger partial charge in [-0.15, -0.1) is 0 Å². The molecule has 3 aliphatic rings. The second-order valence-electron chi connectivity index (χ2n) is 11.6. The van der Waals surface area contributed by atoms with E-state index in [9.17, 15) is 32.8 Å². The van der Waals surface area contributed by atoms with Crippen LogP contribution < -0.4 is 41.2 Å². The van der Waals surface area contributed by atoms with Crippen molar-refractivity contribution in [3.05, 3.63) is 111 Å². The average molecular weight is 778 g/mol. The number of nitrogens with one attached hydrogen (secondary N) is 4. The molecule has 2 unspecified atom stereocenters. The number of hydrogen-bond donors (Lipinski definition) is 4. The summed E-state index contributed by atoms with van der Waals surface area (Å²) < 4.78 is 33.9. The summed E-state index contributed by atoms with van der Waals surface area (Å²) in [6, 6.07) is 11.4. The van der Waals surface area contributed by atoms with Crippen molar-refractivity contribution in [2.24, 2.45) is 0 Å². The number of benzene rings is 3. The van der Waals surface area contributed by atoms with Crippen molar-refractivity contribution in [3.8, 4) is 0 Å². The summed E-state index contributed by atoms with van der Waals surface area (Å²) in [7, 11) is 0. The third-order valence-electron chi connectivity index (χ3n) is 8.78.